The number of nitrogens with zero attached hydrogens (tertiary/aromatic N) is 4. The van der Waals surface area contributed by atoms with E-state index in [0.717, 1.165) is 31.0 Å². The molecule has 102 valence electrons. The highest BCUT2D eigenvalue weighted by Crippen LogP contribution is 2.23. The highest BCUT2D eigenvalue weighted by Gasteiger charge is 2.19. The summed E-state index contributed by atoms with van der Waals surface area (Å²) < 4.78 is 4.49. The molecule has 0 aromatic carbocycles. The summed E-state index contributed by atoms with van der Waals surface area (Å²) in [7, 11) is 0. The molecule has 2 heterocycles. The second kappa shape index (κ2) is 4.83. The van der Waals surface area contributed by atoms with Gasteiger partial charge in [-0.1, -0.05) is 0 Å². The molecule has 0 fully saturated rings. The zero-order valence-electron chi connectivity index (χ0n) is 12.1. The number of hydrogen-bond donors (Lipinski definition) is 0. The molecule has 0 amide bonds. The van der Waals surface area contributed by atoms with Gasteiger partial charge in [0.15, 0.2) is 0 Å². The number of hydrogen-bond acceptors (Lipinski definition) is 2. The third kappa shape index (κ3) is 2.20. The largest absolute Gasteiger partial charge is 0.326 e. The first-order valence-corrected chi connectivity index (χ1v) is 7.27. The van der Waals surface area contributed by atoms with Crippen molar-refractivity contribution in [2.75, 3.05) is 0 Å². The van der Waals surface area contributed by atoms with Crippen LogP contribution in [0.4, 0.5) is 0 Å². The van der Waals surface area contributed by atoms with E-state index in [1.165, 1.54) is 36.3 Å². The molecule has 19 heavy (non-hydrogen) atoms. The molecule has 0 unspecified atom stereocenters. The molecule has 0 bridgehead atoms. The van der Waals surface area contributed by atoms with E-state index in [1.54, 1.807) is 0 Å². The van der Waals surface area contributed by atoms with Crippen LogP contribution in [0.25, 0.3) is 0 Å². The Hall–Kier alpha value is -1.58. The highest BCUT2D eigenvalue weighted by molar-refractivity contribution is 5.22. The third-order valence-electron chi connectivity index (χ3n) is 4.03. The van der Waals surface area contributed by atoms with E-state index in [1.807, 2.05) is 0 Å². The molecule has 0 saturated heterocycles. The third-order valence-corrected chi connectivity index (χ3v) is 4.03. The maximum Gasteiger partial charge on any atom is 0.106 e. The van der Waals surface area contributed by atoms with Gasteiger partial charge in [0.05, 0.1) is 23.6 Å². The summed E-state index contributed by atoms with van der Waals surface area (Å²) in [5.74, 6) is 1.15. The molecule has 2 aromatic rings. The van der Waals surface area contributed by atoms with Gasteiger partial charge in [-0.2, -0.15) is 5.10 Å². The summed E-state index contributed by atoms with van der Waals surface area (Å²) in [6.07, 6.45) is 4.91. The Labute approximate surface area is 114 Å². The first kappa shape index (κ1) is 12.5. The Balaban J connectivity index is 1.96. The van der Waals surface area contributed by atoms with Crippen LogP contribution in [-0.2, 0) is 25.9 Å². The van der Waals surface area contributed by atoms with Gasteiger partial charge in [-0.25, -0.2) is 4.98 Å². The van der Waals surface area contributed by atoms with Crippen molar-refractivity contribution in [3.05, 3.63) is 34.7 Å². The minimum Gasteiger partial charge on any atom is -0.326 e. The van der Waals surface area contributed by atoms with Gasteiger partial charge in [0.25, 0.3) is 0 Å². The van der Waals surface area contributed by atoms with Crippen LogP contribution in [0.5, 0.6) is 0 Å². The smallest absolute Gasteiger partial charge is 0.106 e. The lowest BCUT2D eigenvalue weighted by molar-refractivity contribution is 0.572. The summed E-state index contributed by atoms with van der Waals surface area (Å²) >= 11 is 0. The Morgan fingerprint density at radius 1 is 1.21 bits per heavy atom. The molecule has 4 nitrogen and oxygen atoms in total. The topological polar surface area (TPSA) is 35.6 Å². The maximum absolute atomic E-state index is 4.74. The summed E-state index contributed by atoms with van der Waals surface area (Å²) in [5.41, 5.74) is 5.16. The summed E-state index contributed by atoms with van der Waals surface area (Å²) in [4.78, 5) is 4.74. The molecule has 2 aromatic heterocycles. The van der Waals surface area contributed by atoms with Crippen molar-refractivity contribution in [1.82, 2.24) is 19.3 Å². The summed E-state index contributed by atoms with van der Waals surface area (Å²) in [6.45, 7) is 8.16. The zero-order chi connectivity index (χ0) is 13.4. The van der Waals surface area contributed by atoms with E-state index in [4.69, 9.17) is 4.98 Å². The van der Waals surface area contributed by atoms with Crippen LogP contribution in [0.15, 0.2) is 6.07 Å². The second-order valence-corrected chi connectivity index (χ2v) is 5.44. The quantitative estimate of drug-likeness (QED) is 0.848. The predicted molar refractivity (Wildman–Crippen MR) is 75.3 cm³/mol. The lowest BCUT2D eigenvalue weighted by Crippen LogP contribution is -2.13. The van der Waals surface area contributed by atoms with E-state index < -0.39 is 0 Å². The standard InChI is InChI=1S/C15H22N4/c1-4-19-13(9-11(2)17-19)10-18-12(3)16-14-7-5-6-8-15(14)18/h9H,4-8,10H2,1-3H3. The molecule has 0 N–H and O–H groups in total. The average molecular weight is 258 g/mol. The monoisotopic (exact) mass is 258 g/mol. The molecule has 0 saturated carbocycles. The Bertz CT molecular complexity index is 592. The Kier molecular flexibility index (Phi) is 3.17. The molecule has 0 aliphatic heterocycles. The van der Waals surface area contributed by atoms with E-state index >= 15 is 0 Å². The fourth-order valence-corrected chi connectivity index (χ4v) is 3.11. The van der Waals surface area contributed by atoms with E-state index in [2.05, 4.69) is 41.2 Å². The first-order chi connectivity index (χ1) is 9.19. The van der Waals surface area contributed by atoms with Crippen molar-refractivity contribution < 1.29 is 0 Å². The van der Waals surface area contributed by atoms with Crippen LogP contribution in [0.3, 0.4) is 0 Å². The summed E-state index contributed by atoms with van der Waals surface area (Å²) in [5, 5.41) is 4.53. The maximum atomic E-state index is 4.74. The number of rotatable bonds is 3. The van der Waals surface area contributed by atoms with Crippen LogP contribution in [0.2, 0.25) is 0 Å². The van der Waals surface area contributed by atoms with Crippen molar-refractivity contribution in [1.29, 1.82) is 0 Å². The van der Waals surface area contributed by atoms with Gasteiger partial charge in [-0.3, -0.25) is 4.68 Å². The Morgan fingerprint density at radius 3 is 2.79 bits per heavy atom. The minimum atomic E-state index is 0.906. The van der Waals surface area contributed by atoms with E-state index in [-0.39, 0.29) is 0 Å². The average Bonchev–Trinajstić information content (AvgIpc) is 2.91. The molecule has 3 rings (SSSR count). The molecular formula is C15H22N4. The second-order valence-electron chi connectivity index (χ2n) is 5.44. The van der Waals surface area contributed by atoms with Crippen LogP contribution in [0.1, 0.15) is 48.4 Å². The van der Waals surface area contributed by atoms with Gasteiger partial charge < -0.3 is 4.57 Å². The van der Waals surface area contributed by atoms with Crippen molar-refractivity contribution in [3.63, 3.8) is 0 Å². The molecule has 4 heteroatoms. The first-order valence-electron chi connectivity index (χ1n) is 7.27. The van der Waals surface area contributed by atoms with E-state index in [0.29, 0.717) is 0 Å². The number of aryl methyl sites for hydroxylation is 4. The molecule has 1 aliphatic carbocycles. The van der Waals surface area contributed by atoms with Crippen LogP contribution in [0, 0.1) is 13.8 Å². The highest BCUT2D eigenvalue weighted by atomic mass is 15.3. The van der Waals surface area contributed by atoms with Crippen LogP contribution in [-0.4, -0.2) is 19.3 Å². The molecule has 0 atom stereocenters. The van der Waals surface area contributed by atoms with Gasteiger partial charge >= 0.3 is 0 Å². The van der Waals surface area contributed by atoms with Gasteiger partial charge in [0, 0.05) is 12.2 Å². The normalized spacial score (nSPS) is 14.7. The number of fused-ring (bicyclic) bond motifs is 1. The SMILES string of the molecule is CCn1nc(C)cc1Cn1c(C)nc2c1CCCC2. The van der Waals surface area contributed by atoms with Crippen LogP contribution < -0.4 is 0 Å². The predicted octanol–water partition coefficient (Wildman–Crippen LogP) is 2.64. The van der Waals surface area contributed by atoms with Gasteiger partial charge in [-0.15, -0.1) is 0 Å². The fourth-order valence-electron chi connectivity index (χ4n) is 3.11. The lowest BCUT2D eigenvalue weighted by atomic mass is 10.0. The Morgan fingerprint density at radius 2 is 2.00 bits per heavy atom. The van der Waals surface area contributed by atoms with Gasteiger partial charge in [0.2, 0.25) is 0 Å². The number of aromatic nitrogens is 4. The molecule has 0 spiro atoms. The van der Waals surface area contributed by atoms with Crippen LogP contribution >= 0.6 is 0 Å². The lowest BCUT2D eigenvalue weighted by Gasteiger charge is -2.15. The van der Waals surface area contributed by atoms with E-state index in [9.17, 15) is 0 Å². The molecule has 0 radical (unpaired) electrons. The fraction of sp³-hybridized carbons (Fsp3) is 0.600. The number of imidazole rings is 1. The van der Waals surface area contributed by atoms with Gasteiger partial charge in [0.1, 0.15) is 5.82 Å². The van der Waals surface area contributed by atoms with Crippen molar-refractivity contribution in [3.8, 4) is 0 Å². The minimum absolute atomic E-state index is 0.906. The van der Waals surface area contributed by atoms with Gasteiger partial charge in [-0.05, 0) is 52.5 Å². The summed E-state index contributed by atoms with van der Waals surface area (Å²) in [6, 6.07) is 2.19. The van der Waals surface area contributed by atoms with Crippen molar-refractivity contribution in [2.45, 2.75) is 59.5 Å². The molecular weight excluding hydrogens is 236 g/mol. The zero-order valence-corrected chi connectivity index (χ0v) is 12.1. The van der Waals surface area contributed by atoms with Crippen molar-refractivity contribution >= 4 is 0 Å². The molecule has 1 aliphatic rings. The van der Waals surface area contributed by atoms with Crippen molar-refractivity contribution in [2.24, 2.45) is 0 Å².